The van der Waals surface area contributed by atoms with Crippen molar-refractivity contribution in [3.63, 3.8) is 0 Å². The maximum Gasteiger partial charge on any atom is 0.310 e. The number of carboxylic acid groups (broad SMARTS) is 1. The van der Waals surface area contributed by atoms with Crippen molar-refractivity contribution in [1.29, 1.82) is 0 Å². The van der Waals surface area contributed by atoms with Crippen LogP contribution in [0.4, 0.5) is 0 Å². The van der Waals surface area contributed by atoms with Gasteiger partial charge in [0.05, 0.1) is 5.92 Å². The van der Waals surface area contributed by atoms with Gasteiger partial charge in [0.15, 0.2) is 6.61 Å². The molecule has 0 saturated carbocycles. The van der Waals surface area contributed by atoms with Crippen molar-refractivity contribution in [2.24, 2.45) is 5.92 Å². The molecular weight excluding hydrogens is 258 g/mol. The predicted molar refractivity (Wildman–Crippen MR) is 73.7 cm³/mol. The van der Waals surface area contributed by atoms with E-state index in [-0.39, 0.29) is 25.6 Å². The van der Waals surface area contributed by atoms with Gasteiger partial charge >= 0.3 is 5.97 Å². The Bertz CT molecular complexity index is 489. The quantitative estimate of drug-likeness (QED) is 0.890. The SMILES string of the molecule is CC(C)c1ccc(OCC(=O)N2CC(C(=O)O)C2)cc1. The molecule has 108 valence electrons. The first-order valence-electron chi connectivity index (χ1n) is 6.70. The van der Waals surface area contributed by atoms with Gasteiger partial charge in [-0.2, -0.15) is 0 Å². The van der Waals surface area contributed by atoms with Gasteiger partial charge in [0.2, 0.25) is 0 Å². The number of nitrogens with zero attached hydrogens (tertiary/aromatic N) is 1. The number of rotatable bonds is 5. The predicted octanol–water partition coefficient (Wildman–Crippen LogP) is 1.73. The molecule has 1 aliphatic rings. The third kappa shape index (κ3) is 3.29. The third-order valence-electron chi connectivity index (χ3n) is 3.49. The van der Waals surface area contributed by atoms with E-state index in [0.717, 1.165) is 0 Å². The van der Waals surface area contributed by atoms with Crippen molar-refractivity contribution in [1.82, 2.24) is 4.90 Å². The van der Waals surface area contributed by atoms with E-state index in [9.17, 15) is 9.59 Å². The van der Waals surface area contributed by atoms with Crippen LogP contribution in [0.25, 0.3) is 0 Å². The maximum atomic E-state index is 11.7. The molecule has 1 aromatic rings. The van der Waals surface area contributed by atoms with Crippen LogP contribution in [0.15, 0.2) is 24.3 Å². The Balaban J connectivity index is 1.78. The van der Waals surface area contributed by atoms with Gasteiger partial charge < -0.3 is 14.7 Å². The zero-order chi connectivity index (χ0) is 14.7. The molecule has 20 heavy (non-hydrogen) atoms. The van der Waals surface area contributed by atoms with Crippen molar-refractivity contribution in [3.05, 3.63) is 29.8 Å². The second-order valence-corrected chi connectivity index (χ2v) is 5.35. The average Bonchev–Trinajstić information content (AvgIpc) is 2.34. The van der Waals surface area contributed by atoms with Gasteiger partial charge in [0.1, 0.15) is 5.75 Å². The van der Waals surface area contributed by atoms with Gasteiger partial charge in [-0.25, -0.2) is 0 Å². The minimum absolute atomic E-state index is 0.0482. The zero-order valence-electron chi connectivity index (χ0n) is 11.7. The molecule has 0 aliphatic carbocycles. The van der Waals surface area contributed by atoms with E-state index in [1.807, 2.05) is 24.3 Å². The number of ether oxygens (including phenoxy) is 1. The molecular formula is C15H19NO4. The summed E-state index contributed by atoms with van der Waals surface area (Å²) >= 11 is 0. The normalized spacial score (nSPS) is 15.1. The molecule has 5 heteroatoms. The summed E-state index contributed by atoms with van der Waals surface area (Å²) in [6.45, 7) is 4.74. The Morgan fingerprint density at radius 1 is 1.30 bits per heavy atom. The summed E-state index contributed by atoms with van der Waals surface area (Å²) in [6, 6.07) is 7.65. The highest BCUT2D eigenvalue weighted by atomic mass is 16.5. The van der Waals surface area contributed by atoms with Gasteiger partial charge in [-0.05, 0) is 23.6 Å². The third-order valence-corrected chi connectivity index (χ3v) is 3.49. The number of hydrogen-bond donors (Lipinski definition) is 1. The van der Waals surface area contributed by atoms with Crippen molar-refractivity contribution < 1.29 is 19.4 Å². The van der Waals surface area contributed by atoms with E-state index in [1.165, 1.54) is 10.5 Å². The van der Waals surface area contributed by atoms with E-state index in [4.69, 9.17) is 9.84 Å². The summed E-state index contributed by atoms with van der Waals surface area (Å²) in [5.41, 5.74) is 1.22. The molecule has 1 saturated heterocycles. The molecule has 1 N–H and O–H groups in total. The molecule has 0 atom stereocenters. The lowest BCUT2D eigenvalue weighted by molar-refractivity contribution is -0.153. The van der Waals surface area contributed by atoms with Crippen LogP contribution in [0.2, 0.25) is 0 Å². The number of likely N-dealkylation sites (tertiary alicyclic amines) is 1. The van der Waals surface area contributed by atoms with Crippen molar-refractivity contribution in [2.45, 2.75) is 19.8 Å². The lowest BCUT2D eigenvalue weighted by atomic mass is 10.0. The van der Waals surface area contributed by atoms with Gasteiger partial charge in [-0.1, -0.05) is 26.0 Å². The van der Waals surface area contributed by atoms with Gasteiger partial charge in [-0.15, -0.1) is 0 Å². The minimum atomic E-state index is -0.848. The second-order valence-electron chi connectivity index (χ2n) is 5.35. The monoisotopic (exact) mass is 277 g/mol. The van der Waals surface area contributed by atoms with Crippen LogP contribution in [-0.2, 0) is 9.59 Å². The first-order valence-corrected chi connectivity index (χ1v) is 6.70. The summed E-state index contributed by atoms with van der Waals surface area (Å²) in [5.74, 6) is -0.336. The van der Waals surface area contributed by atoms with Crippen molar-refractivity contribution in [2.75, 3.05) is 19.7 Å². The van der Waals surface area contributed by atoms with Gasteiger partial charge in [-0.3, -0.25) is 9.59 Å². The number of amides is 1. The van der Waals surface area contributed by atoms with E-state index in [2.05, 4.69) is 13.8 Å². The standard InChI is InChI=1S/C15H19NO4/c1-10(2)11-3-5-13(6-4-11)20-9-14(17)16-7-12(8-16)15(18)19/h3-6,10,12H,7-9H2,1-2H3,(H,18,19). The molecule has 1 heterocycles. The van der Waals surface area contributed by atoms with Crippen molar-refractivity contribution in [3.8, 4) is 5.75 Å². The lowest BCUT2D eigenvalue weighted by Crippen LogP contribution is -2.54. The molecule has 1 amide bonds. The first-order chi connectivity index (χ1) is 9.47. The number of carbonyl (C=O) groups is 2. The highest BCUT2D eigenvalue weighted by molar-refractivity contribution is 5.82. The lowest BCUT2D eigenvalue weighted by Gasteiger charge is -2.36. The van der Waals surface area contributed by atoms with Crippen LogP contribution < -0.4 is 4.74 Å². The molecule has 5 nitrogen and oxygen atoms in total. The topological polar surface area (TPSA) is 66.8 Å². The Morgan fingerprint density at radius 3 is 2.40 bits per heavy atom. The molecule has 1 aliphatic heterocycles. The molecule has 1 fully saturated rings. The van der Waals surface area contributed by atoms with Gasteiger partial charge in [0, 0.05) is 13.1 Å². The van der Waals surface area contributed by atoms with Crippen LogP contribution in [0.3, 0.4) is 0 Å². The van der Waals surface area contributed by atoms with Crippen LogP contribution in [0.1, 0.15) is 25.3 Å². The first kappa shape index (κ1) is 14.4. The maximum absolute atomic E-state index is 11.7. The molecule has 0 aromatic heterocycles. The fraction of sp³-hybridized carbons (Fsp3) is 0.467. The summed E-state index contributed by atoms with van der Waals surface area (Å²) in [5, 5.41) is 8.74. The highest BCUT2D eigenvalue weighted by Gasteiger charge is 2.35. The largest absolute Gasteiger partial charge is 0.484 e. The van der Waals surface area contributed by atoms with Crippen LogP contribution >= 0.6 is 0 Å². The molecule has 0 bridgehead atoms. The van der Waals surface area contributed by atoms with Crippen LogP contribution in [0.5, 0.6) is 5.75 Å². The van der Waals surface area contributed by atoms with E-state index < -0.39 is 11.9 Å². The van der Waals surface area contributed by atoms with E-state index in [1.54, 1.807) is 0 Å². The number of aliphatic carboxylic acids is 1. The summed E-state index contributed by atoms with van der Waals surface area (Å²) in [4.78, 5) is 23.9. The van der Waals surface area contributed by atoms with E-state index >= 15 is 0 Å². The number of carbonyl (C=O) groups excluding carboxylic acids is 1. The van der Waals surface area contributed by atoms with Crippen LogP contribution in [0, 0.1) is 5.92 Å². The number of benzene rings is 1. The van der Waals surface area contributed by atoms with Crippen LogP contribution in [-0.4, -0.2) is 41.6 Å². The molecule has 0 radical (unpaired) electrons. The molecule has 0 unspecified atom stereocenters. The summed E-state index contributed by atoms with van der Waals surface area (Å²) < 4.78 is 5.42. The highest BCUT2D eigenvalue weighted by Crippen LogP contribution is 2.19. The Hall–Kier alpha value is -2.04. The second kappa shape index (κ2) is 5.94. The number of hydrogen-bond acceptors (Lipinski definition) is 3. The Labute approximate surface area is 118 Å². The molecule has 2 rings (SSSR count). The van der Waals surface area contributed by atoms with Gasteiger partial charge in [0.25, 0.3) is 5.91 Å². The fourth-order valence-electron chi connectivity index (χ4n) is 2.02. The minimum Gasteiger partial charge on any atom is -0.484 e. The summed E-state index contributed by atoms with van der Waals surface area (Å²) in [6.07, 6.45) is 0. The average molecular weight is 277 g/mol. The summed E-state index contributed by atoms with van der Waals surface area (Å²) in [7, 11) is 0. The molecule has 1 aromatic carbocycles. The zero-order valence-corrected chi connectivity index (χ0v) is 11.7. The number of carboxylic acids is 1. The Morgan fingerprint density at radius 2 is 1.90 bits per heavy atom. The Kier molecular flexibility index (Phi) is 4.27. The van der Waals surface area contributed by atoms with Crippen molar-refractivity contribution >= 4 is 11.9 Å². The smallest absolute Gasteiger partial charge is 0.310 e. The molecule has 0 spiro atoms. The fourth-order valence-corrected chi connectivity index (χ4v) is 2.02. The van der Waals surface area contributed by atoms with E-state index in [0.29, 0.717) is 11.7 Å².